The smallest absolute Gasteiger partial charge is 0.128 e. The molecule has 4 heteroatoms. The molecule has 2 rings (SSSR count). The van der Waals surface area contributed by atoms with Gasteiger partial charge in [0.05, 0.1) is 11.7 Å². The van der Waals surface area contributed by atoms with E-state index in [0.29, 0.717) is 5.56 Å². The summed E-state index contributed by atoms with van der Waals surface area (Å²) in [4.78, 5) is 7.97. The lowest BCUT2D eigenvalue weighted by molar-refractivity contribution is 0.570. The van der Waals surface area contributed by atoms with Gasteiger partial charge in [-0.05, 0) is 19.2 Å². The Morgan fingerprint density at radius 2 is 2.06 bits per heavy atom. The molecule has 0 aliphatic rings. The normalized spacial score (nSPS) is 12.4. The molecule has 0 bridgehead atoms. The zero-order chi connectivity index (χ0) is 11.4. The third-order valence-electron chi connectivity index (χ3n) is 2.41. The molecule has 1 N–H and O–H groups in total. The molecule has 0 spiro atoms. The molecule has 1 unspecified atom stereocenters. The average Bonchev–Trinajstić information content (AvgIpc) is 2.34. The molecule has 16 heavy (non-hydrogen) atoms. The quantitative estimate of drug-likeness (QED) is 0.853. The van der Waals surface area contributed by atoms with Crippen molar-refractivity contribution < 1.29 is 4.39 Å². The van der Waals surface area contributed by atoms with Crippen LogP contribution in [-0.2, 0) is 0 Å². The van der Waals surface area contributed by atoms with E-state index in [0.717, 1.165) is 5.69 Å². The van der Waals surface area contributed by atoms with E-state index in [2.05, 4.69) is 15.3 Å². The van der Waals surface area contributed by atoms with Gasteiger partial charge in [0, 0.05) is 11.8 Å². The van der Waals surface area contributed by atoms with Crippen molar-refractivity contribution in [3.05, 3.63) is 59.9 Å². The first-order chi connectivity index (χ1) is 7.83. The second-order valence-corrected chi connectivity index (χ2v) is 3.38. The minimum absolute atomic E-state index is 0.236. The van der Waals surface area contributed by atoms with Gasteiger partial charge < -0.3 is 5.32 Å². The van der Waals surface area contributed by atoms with Gasteiger partial charge in [0.2, 0.25) is 0 Å². The Bertz CT molecular complexity index is 459. The Labute approximate surface area is 93.4 Å². The maximum absolute atomic E-state index is 13.6. The van der Waals surface area contributed by atoms with E-state index in [1.807, 2.05) is 6.07 Å². The van der Waals surface area contributed by atoms with Gasteiger partial charge in [-0.2, -0.15) is 0 Å². The number of aromatic nitrogens is 2. The van der Waals surface area contributed by atoms with Crippen molar-refractivity contribution in [3.63, 3.8) is 0 Å². The first-order valence-electron chi connectivity index (χ1n) is 5.00. The first kappa shape index (κ1) is 10.7. The highest BCUT2D eigenvalue weighted by Crippen LogP contribution is 2.21. The van der Waals surface area contributed by atoms with E-state index in [-0.39, 0.29) is 11.9 Å². The summed E-state index contributed by atoms with van der Waals surface area (Å²) in [6, 6.07) is 8.20. The largest absolute Gasteiger partial charge is 0.308 e. The third kappa shape index (κ3) is 2.06. The lowest BCUT2D eigenvalue weighted by Gasteiger charge is -2.16. The summed E-state index contributed by atoms with van der Waals surface area (Å²) >= 11 is 0. The Morgan fingerprint density at radius 1 is 1.25 bits per heavy atom. The molecule has 1 aromatic heterocycles. The van der Waals surface area contributed by atoms with Crippen LogP contribution in [0.15, 0.2) is 42.9 Å². The zero-order valence-corrected chi connectivity index (χ0v) is 8.89. The third-order valence-corrected chi connectivity index (χ3v) is 2.41. The fourth-order valence-corrected chi connectivity index (χ4v) is 1.64. The van der Waals surface area contributed by atoms with Crippen molar-refractivity contribution in [1.82, 2.24) is 15.3 Å². The van der Waals surface area contributed by atoms with Crippen molar-refractivity contribution in [2.45, 2.75) is 6.04 Å². The molecule has 2 aromatic rings. The van der Waals surface area contributed by atoms with Crippen molar-refractivity contribution >= 4 is 0 Å². The summed E-state index contributed by atoms with van der Waals surface area (Å²) in [7, 11) is 1.78. The van der Waals surface area contributed by atoms with Crippen molar-refractivity contribution in [2.75, 3.05) is 7.05 Å². The highest BCUT2D eigenvalue weighted by molar-refractivity contribution is 5.28. The van der Waals surface area contributed by atoms with Gasteiger partial charge in [-0.25, -0.2) is 14.4 Å². The van der Waals surface area contributed by atoms with Crippen LogP contribution in [0.5, 0.6) is 0 Å². The van der Waals surface area contributed by atoms with Crippen LogP contribution >= 0.6 is 0 Å². The van der Waals surface area contributed by atoms with Crippen LogP contribution in [0.4, 0.5) is 4.39 Å². The molecule has 0 aliphatic heterocycles. The van der Waals surface area contributed by atoms with E-state index < -0.39 is 0 Å². The summed E-state index contributed by atoms with van der Waals surface area (Å²) in [5.74, 6) is -0.236. The van der Waals surface area contributed by atoms with Gasteiger partial charge in [0.1, 0.15) is 12.1 Å². The highest BCUT2D eigenvalue weighted by atomic mass is 19.1. The van der Waals surface area contributed by atoms with E-state index in [1.165, 1.54) is 12.4 Å². The molecule has 1 heterocycles. The molecular formula is C12H12FN3. The summed E-state index contributed by atoms with van der Waals surface area (Å²) in [5.41, 5.74) is 1.34. The second-order valence-electron chi connectivity index (χ2n) is 3.38. The fraction of sp³-hybridized carbons (Fsp3) is 0.167. The number of rotatable bonds is 3. The van der Waals surface area contributed by atoms with Gasteiger partial charge >= 0.3 is 0 Å². The summed E-state index contributed by atoms with van der Waals surface area (Å²) in [6.45, 7) is 0. The van der Waals surface area contributed by atoms with Gasteiger partial charge in [0.25, 0.3) is 0 Å². The van der Waals surface area contributed by atoms with E-state index in [4.69, 9.17) is 0 Å². The number of hydrogen-bond acceptors (Lipinski definition) is 3. The Morgan fingerprint density at radius 3 is 2.69 bits per heavy atom. The first-order valence-corrected chi connectivity index (χ1v) is 5.00. The lowest BCUT2D eigenvalue weighted by Crippen LogP contribution is -2.20. The monoisotopic (exact) mass is 217 g/mol. The van der Waals surface area contributed by atoms with Crippen molar-refractivity contribution in [2.24, 2.45) is 0 Å². The summed E-state index contributed by atoms with van der Waals surface area (Å²) in [5, 5.41) is 3.05. The zero-order valence-electron chi connectivity index (χ0n) is 8.89. The van der Waals surface area contributed by atoms with Crippen molar-refractivity contribution in [3.8, 4) is 0 Å². The molecule has 0 saturated heterocycles. The molecule has 82 valence electrons. The predicted molar refractivity (Wildman–Crippen MR) is 59.3 cm³/mol. The Kier molecular flexibility index (Phi) is 3.22. The predicted octanol–water partition coefficient (Wildman–Crippen LogP) is 1.92. The van der Waals surface area contributed by atoms with Crippen LogP contribution in [0.1, 0.15) is 17.3 Å². The molecular weight excluding hydrogens is 205 g/mol. The minimum Gasteiger partial charge on any atom is -0.308 e. The molecule has 1 aromatic carbocycles. The number of hydrogen-bond donors (Lipinski definition) is 1. The highest BCUT2D eigenvalue weighted by Gasteiger charge is 2.16. The van der Waals surface area contributed by atoms with Gasteiger partial charge in [0.15, 0.2) is 0 Å². The van der Waals surface area contributed by atoms with Crippen molar-refractivity contribution in [1.29, 1.82) is 0 Å². The number of halogens is 1. The van der Waals surface area contributed by atoms with E-state index >= 15 is 0 Å². The molecule has 0 fully saturated rings. The molecule has 0 radical (unpaired) electrons. The number of nitrogens with one attached hydrogen (secondary N) is 1. The van der Waals surface area contributed by atoms with Gasteiger partial charge in [-0.15, -0.1) is 0 Å². The summed E-state index contributed by atoms with van der Waals surface area (Å²) in [6.07, 6.45) is 3.11. The number of benzene rings is 1. The maximum atomic E-state index is 13.6. The fourth-order valence-electron chi connectivity index (χ4n) is 1.64. The standard InChI is InChI=1S/C12H12FN3/c1-14-12(11-6-7-15-8-16-11)9-4-2-3-5-10(9)13/h2-8,12,14H,1H3. The molecule has 0 saturated carbocycles. The van der Waals surface area contributed by atoms with Crippen LogP contribution < -0.4 is 5.32 Å². The van der Waals surface area contributed by atoms with Crippen LogP contribution in [0.2, 0.25) is 0 Å². The van der Waals surface area contributed by atoms with E-state index in [1.54, 1.807) is 31.4 Å². The number of nitrogens with zero attached hydrogens (tertiary/aromatic N) is 2. The molecule has 3 nitrogen and oxygen atoms in total. The van der Waals surface area contributed by atoms with Crippen LogP contribution in [0, 0.1) is 5.82 Å². The van der Waals surface area contributed by atoms with Gasteiger partial charge in [-0.3, -0.25) is 0 Å². The Balaban J connectivity index is 2.41. The SMILES string of the molecule is CNC(c1ccncn1)c1ccccc1F. The second kappa shape index (κ2) is 4.81. The van der Waals surface area contributed by atoms with Crippen LogP contribution in [0.25, 0.3) is 0 Å². The van der Waals surface area contributed by atoms with Crippen LogP contribution in [0.3, 0.4) is 0 Å². The summed E-state index contributed by atoms with van der Waals surface area (Å²) < 4.78 is 13.6. The van der Waals surface area contributed by atoms with Crippen LogP contribution in [-0.4, -0.2) is 17.0 Å². The minimum atomic E-state index is -0.246. The Hall–Kier alpha value is -1.81. The molecule has 1 atom stereocenters. The van der Waals surface area contributed by atoms with E-state index in [9.17, 15) is 4.39 Å². The maximum Gasteiger partial charge on any atom is 0.128 e. The average molecular weight is 217 g/mol. The van der Waals surface area contributed by atoms with Gasteiger partial charge in [-0.1, -0.05) is 18.2 Å². The lowest BCUT2D eigenvalue weighted by atomic mass is 10.0. The molecule has 0 amide bonds. The molecule has 0 aliphatic carbocycles. The topological polar surface area (TPSA) is 37.8 Å².